The van der Waals surface area contributed by atoms with Crippen molar-refractivity contribution in [2.45, 2.75) is 19.9 Å². The van der Waals surface area contributed by atoms with E-state index in [0.717, 1.165) is 17.4 Å². The quantitative estimate of drug-likeness (QED) is 0.583. The van der Waals surface area contributed by atoms with Gasteiger partial charge < -0.3 is 10.7 Å². The Bertz CT molecular complexity index is 571. The third-order valence-corrected chi connectivity index (χ3v) is 3.66. The molecule has 0 atom stereocenters. The van der Waals surface area contributed by atoms with E-state index < -0.39 is 11.6 Å². The van der Waals surface area contributed by atoms with Gasteiger partial charge in [-0.1, -0.05) is 6.92 Å². The summed E-state index contributed by atoms with van der Waals surface area (Å²) in [5.74, 6) is 3.33. The van der Waals surface area contributed by atoms with Crippen LogP contribution in [-0.4, -0.2) is 4.98 Å². The van der Waals surface area contributed by atoms with Crippen molar-refractivity contribution in [2.75, 3.05) is 10.7 Å². The summed E-state index contributed by atoms with van der Waals surface area (Å²) in [6.45, 7) is 2.50. The first-order valence-corrected chi connectivity index (χ1v) is 6.65. The number of nitrogens with zero attached hydrogens (tertiary/aromatic N) is 1. The molecule has 4 nitrogen and oxygen atoms in total. The Morgan fingerprint density at radius 1 is 1.32 bits per heavy atom. The van der Waals surface area contributed by atoms with Crippen molar-refractivity contribution >= 4 is 23.0 Å². The highest BCUT2D eigenvalue weighted by Crippen LogP contribution is 2.22. The third-order valence-electron chi connectivity index (χ3n) is 2.70. The summed E-state index contributed by atoms with van der Waals surface area (Å²) in [5.41, 5.74) is 3.29. The number of pyridine rings is 1. The second-order valence-corrected chi connectivity index (χ2v) is 4.87. The molecule has 2 aromatic heterocycles. The smallest absolute Gasteiger partial charge is 0.178 e. The molecule has 0 amide bonds. The maximum Gasteiger partial charge on any atom is 0.178 e. The monoisotopic (exact) mass is 284 g/mol. The summed E-state index contributed by atoms with van der Waals surface area (Å²) in [6.07, 6.45) is 0.912. The zero-order valence-corrected chi connectivity index (χ0v) is 11.2. The van der Waals surface area contributed by atoms with Gasteiger partial charge in [0.15, 0.2) is 23.3 Å². The van der Waals surface area contributed by atoms with Crippen LogP contribution in [0.1, 0.15) is 17.4 Å². The molecule has 0 aliphatic heterocycles. The van der Waals surface area contributed by atoms with Gasteiger partial charge in [0, 0.05) is 10.9 Å². The van der Waals surface area contributed by atoms with Gasteiger partial charge in [0.25, 0.3) is 0 Å². The maximum atomic E-state index is 13.5. The topological polar surface area (TPSA) is 63.0 Å². The van der Waals surface area contributed by atoms with Crippen LogP contribution in [0.15, 0.2) is 17.5 Å². The van der Waals surface area contributed by atoms with Crippen LogP contribution >= 0.6 is 11.3 Å². The fraction of sp³-hybridized carbons (Fsp3) is 0.250. The van der Waals surface area contributed by atoms with Crippen LogP contribution in [0, 0.1) is 11.6 Å². The molecule has 0 saturated heterocycles. The SMILES string of the molecule is CCc1ccsc1CNc1nc(NN)c(F)cc1F. The van der Waals surface area contributed by atoms with Crippen molar-refractivity contribution in [1.29, 1.82) is 0 Å². The lowest BCUT2D eigenvalue weighted by Crippen LogP contribution is -2.13. The third kappa shape index (κ3) is 2.99. The first-order chi connectivity index (χ1) is 9.15. The Morgan fingerprint density at radius 2 is 2.05 bits per heavy atom. The molecule has 0 unspecified atom stereocenters. The minimum atomic E-state index is -0.823. The number of hydrogen-bond acceptors (Lipinski definition) is 5. The van der Waals surface area contributed by atoms with Gasteiger partial charge in [-0.05, 0) is 23.4 Å². The highest BCUT2D eigenvalue weighted by molar-refractivity contribution is 7.10. The fourth-order valence-corrected chi connectivity index (χ4v) is 2.61. The van der Waals surface area contributed by atoms with E-state index in [0.29, 0.717) is 6.54 Å². The van der Waals surface area contributed by atoms with E-state index in [2.05, 4.69) is 22.7 Å². The molecule has 4 N–H and O–H groups in total. The fourth-order valence-electron chi connectivity index (χ4n) is 1.69. The number of nitrogens with one attached hydrogen (secondary N) is 2. The zero-order chi connectivity index (χ0) is 13.8. The Balaban J connectivity index is 2.15. The molecule has 2 aromatic rings. The lowest BCUT2D eigenvalue weighted by Gasteiger charge is -2.09. The highest BCUT2D eigenvalue weighted by Gasteiger charge is 2.11. The number of anilines is 2. The molecule has 19 heavy (non-hydrogen) atoms. The molecule has 7 heteroatoms. The average molecular weight is 284 g/mol. The summed E-state index contributed by atoms with van der Waals surface area (Å²) < 4.78 is 26.7. The molecule has 0 bridgehead atoms. The number of hydrazine groups is 1. The van der Waals surface area contributed by atoms with E-state index in [1.807, 2.05) is 11.4 Å². The Hall–Kier alpha value is -1.73. The number of nitrogen functional groups attached to an aromatic ring is 1. The zero-order valence-electron chi connectivity index (χ0n) is 10.3. The van der Waals surface area contributed by atoms with Crippen molar-refractivity contribution in [3.05, 3.63) is 39.6 Å². The van der Waals surface area contributed by atoms with Gasteiger partial charge in [0.1, 0.15) is 0 Å². The number of aryl methyl sites for hydroxylation is 1. The number of nitrogens with two attached hydrogens (primary N) is 1. The average Bonchev–Trinajstić information content (AvgIpc) is 2.85. The van der Waals surface area contributed by atoms with E-state index in [4.69, 9.17) is 5.84 Å². The lowest BCUT2D eigenvalue weighted by molar-refractivity contribution is 0.578. The molecule has 0 aliphatic carbocycles. The predicted octanol–water partition coefficient (Wildman–Crippen LogP) is 2.88. The van der Waals surface area contributed by atoms with Crippen LogP contribution in [0.3, 0.4) is 0 Å². The van der Waals surface area contributed by atoms with Gasteiger partial charge in [0.05, 0.1) is 6.54 Å². The van der Waals surface area contributed by atoms with Gasteiger partial charge in [-0.15, -0.1) is 11.3 Å². The molecule has 2 rings (SSSR count). The standard InChI is InChI=1S/C12H14F2N4S/c1-2-7-3-4-19-10(7)6-16-11-8(13)5-9(14)12(17-11)18-15/h3-5H,2,6,15H2,1H3,(H2,16,17,18). The van der Waals surface area contributed by atoms with Crippen LogP contribution < -0.4 is 16.6 Å². The van der Waals surface area contributed by atoms with E-state index in [9.17, 15) is 8.78 Å². The second-order valence-electron chi connectivity index (χ2n) is 3.87. The normalized spacial score (nSPS) is 10.5. The maximum absolute atomic E-state index is 13.5. The molecule has 0 saturated carbocycles. The molecule has 0 fully saturated rings. The summed E-state index contributed by atoms with van der Waals surface area (Å²) >= 11 is 1.59. The Morgan fingerprint density at radius 3 is 2.74 bits per heavy atom. The summed E-state index contributed by atoms with van der Waals surface area (Å²) in [6, 6.07) is 2.78. The summed E-state index contributed by atoms with van der Waals surface area (Å²) in [7, 11) is 0. The van der Waals surface area contributed by atoms with Crippen LogP contribution in [0.5, 0.6) is 0 Å². The largest absolute Gasteiger partial charge is 0.363 e. The van der Waals surface area contributed by atoms with Crippen molar-refractivity contribution in [3.8, 4) is 0 Å². The summed E-state index contributed by atoms with van der Waals surface area (Å²) in [5, 5.41) is 4.84. The van der Waals surface area contributed by atoms with Crippen molar-refractivity contribution in [3.63, 3.8) is 0 Å². The highest BCUT2D eigenvalue weighted by atomic mass is 32.1. The first-order valence-electron chi connectivity index (χ1n) is 5.77. The Labute approximate surface area is 113 Å². The van der Waals surface area contributed by atoms with Gasteiger partial charge in [-0.3, -0.25) is 0 Å². The minimum absolute atomic E-state index is 0.0233. The number of thiophene rings is 1. The van der Waals surface area contributed by atoms with E-state index in [1.54, 1.807) is 11.3 Å². The predicted molar refractivity (Wildman–Crippen MR) is 73.0 cm³/mol. The van der Waals surface area contributed by atoms with Gasteiger partial charge in [-0.25, -0.2) is 19.6 Å². The van der Waals surface area contributed by atoms with Crippen LogP contribution in [0.2, 0.25) is 0 Å². The van der Waals surface area contributed by atoms with Gasteiger partial charge in [0.2, 0.25) is 0 Å². The first kappa shape index (κ1) is 13.7. The van der Waals surface area contributed by atoms with E-state index >= 15 is 0 Å². The number of aromatic nitrogens is 1. The summed E-state index contributed by atoms with van der Waals surface area (Å²) in [4.78, 5) is 4.86. The van der Waals surface area contributed by atoms with Gasteiger partial charge in [-0.2, -0.15) is 0 Å². The second kappa shape index (κ2) is 5.94. The molecule has 2 heterocycles. The van der Waals surface area contributed by atoms with Crippen LogP contribution in [-0.2, 0) is 13.0 Å². The molecular formula is C12H14F2N4S. The lowest BCUT2D eigenvalue weighted by atomic mass is 10.2. The number of rotatable bonds is 5. The van der Waals surface area contributed by atoms with E-state index in [-0.39, 0.29) is 11.6 Å². The molecule has 0 radical (unpaired) electrons. The van der Waals surface area contributed by atoms with Gasteiger partial charge >= 0.3 is 0 Å². The van der Waals surface area contributed by atoms with Crippen molar-refractivity contribution in [1.82, 2.24) is 4.98 Å². The van der Waals surface area contributed by atoms with Crippen LogP contribution in [0.25, 0.3) is 0 Å². The number of halogens is 2. The molecular weight excluding hydrogens is 270 g/mol. The minimum Gasteiger partial charge on any atom is -0.363 e. The van der Waals surface area contributed by atoms with Crippen LogP contribution in [0.4, 0.5) is 20.4 Å². The van der Waals surface area contributed by atoms with E-state index in [1.165, 1.54) is 5.56 Å². The van der Waals surface area contributed by atoms with Crippen molar-refractivity contribution in [2.24, 2.45) is 5.84 Å². The molecule has 0 aliphatic rings. The van der Waals surface area contributed by atoms with Crippen molar-refractivity contribution < 1.29 is 8.78 Å². The molecule has 0 spiro atoms. The Kier molecular flexibility index (Phi) is 4.28. The molecule has 102 valence electrons. The number of hydrogen-bond donors (Lipinski definition) is 3. The molecule has 0 aromatic carbocycles.